The van der Waals surface area contributed by atoms with E-state index in [0.29, 0.717) is 17.1 Å². The highest BCUT2D eigenvalue weighted by molar-refractivity contribution is 5.55. The predicted molar refractivity (Wildman–Crippen MR) is 85.8 cm³/mol. The summed E-state index contributed by atoms with van der Waals surface area (Å²) in [5.41, 5.74) is 6.71. The standard InChI is InChI=1S/C17H15F3N4O/c1-25-13-8-4-10(5-9-13)14(21)16-22-15(23-24-16)11-2-6-12(7-3-11)17(18,19)20/h2-9,14H,21H2,1H3,(H,22,23,24). The van der Waals surface area contributed by atoms with E-state index in [0.717, 1.165) is 17.7 Å². The second-order valence-corrected chi connectivity index (χ2v) is 5.37. The smallest absolute Gasteiger partial charge is 0.416 e. The van der Waals surface area contributed by atoms with E-state index in [4.69, 9.17) is 10.5 Å². The Labute approximate surface area is 141 Å². The third kappa shape index (κ3) is 3.63. The molecule has 130 valence electrons. The highest BCUT2D eigenvalue weighted by atomic mass is 19.4. The van der Waals surface area contributed by atoms with Crippen LogP contribution in [-0.4, -0.2) is 22.3 Å². The number of alkyl halides is 3. The topological polar surface area (TPSA) is 76.8 Å². The molecule has 0 spiro atoms. The molecule has 1 heterocycles. The van der Waals surface area contributed by atoms with E-state index in [1.165, 1.54) is 12.1 Å². The van der Waals surface area contributed by atoms with E-state index in [9.17, 15) is 13.2 Å². The summed E-state index contributed by atoms with van der Waals surface area (Å²) in [6, 6.07) is 11.3. The third-order valence-corrected chi connectivity index (χ3v) is 3.74. The van der Waals surface area contributed by atoms with Crippen molar-refractivity contribution in [3.8, 4) is 17.1 Å². The summed E-state index contributed by atoms with van der Waals surface area (Å²) in [7, 11) is 1.57. The molecule has 3 N–H and O–H groups in total. The lowest BCUT2D eigenvalue weighted by atomic mass is 10.1. The van der Waals surface area contributed by atoms with E-state index in [2.05, 4.69) is 15.2 Å². The van der Waals surface area contributed by atoms with Gasteiger partial charge in [-0.05, 0) is 29.8 Å². The number of hydrogen-bond acceptors (Lipinski definition) is 4. The second kappa shape index (κ2) is 6.56. The van der Waals surface area contributed by atoms with Gasteiger partial charge in [0.2, 0.25) is 0 Å². The van der Waals surface area contributed by atoms with E-state index < -0.39 is 17.8 Å². The summed E-state index contributed by atoms with van der Waals surface area (Å²) in [6.45, 7) is 0. The van der Waals surface area contributed by atoms with Gasteiger partial charge >= 0.3 is 6.18 Å². The first-order valence-electron chi connectivity index (χ1n) is 7.38. The maximum Gasteiger partial charge on any atom is 0.416 e. The average Bonchev–Trinajstić information content (AvgIpc) is 3.10. The van der Waals surface area contributed by atoms with Gasteiger partial charge in [0.25, 0.3) is 0 Å². The van der Waals surface area contributed by atoms with Gasteiger partial charge in [0.05, 0.1) is 18.7 Å². The number of hydrogen-bond donors (Lipinski definition) is 2. The highest BCUT2D eigenvalue weighted by Crippen LogP contribution is 2.30. The van der Waals surface area contributed by atoms with Crippen LogP contribution in [0.3, 0.4) is 0 Å². The van der Waals surface area contributed by atoms with Crippen LogP contribution < -0.4 is 10.5 Å². The zero-order valence-corrected chi connectivity index (χ0v) is 13.2. The van der Waals surface area contributed by atoms with Crippen LogP contribution in [0.1, 0.15) is 23.0 Å². The molecule has 2 aromatic carbocycles. The molecule has 1 aromatic heterocycles. The molecule has 1 atom stereocenters. The molecule has 8 heteroatoms. The van der Waals surface area contributed by atoms with Gasteiger partial charge in [0, 0.05) is 5.56 Å². The quantitative estimate of drug-likeness (QED) is 0.756. The van der Waals surface area contributed by atoms with Crippen LogP contribution in [0.25, 0.3) is 11.4 Å². The number of nitrogens with one attached hydrogen (secondary N) is 1. The molecule has 1 unspecified atom stereocenters. The van der Waals surface area contributed by atoms with Gasteiger partial charge in [0.15, 0.2) is 5.82 Å². The van der Waals surface area contributed by atoms with Gasteiger partial charge in [-0.15, -0.1) is 0 Å². The molecule has 0 fully saturated rings. The Bertz CT molecular complexity index is 842. The lowest BCUT2D eigenvalue weighted by Gasteiger charge is -2.09. The Morgan fingerprint density at radius 3 is 2.24 bits per heavy atom. The molecule has 3 aromatic rings. The van der Waals surface area contributed by atoms with Crippen LogP contribution in [0.5, 0.6) is 5.75 Å². The van der Waals surface area contributed by atoms with Crippen LogP contribution in [0.2, 0.25) is 0 Å². The van der Waals surface area contributed by atoms with Crippen molar-refractivity contribution in [2.75, 3.05) is 7.11 Å². The van der Waals surface area contributed by atoms with E-state index in [1.807, 2.05) is 12.1 Å². The van der Waals surface area contributed by atoms with Crippen molar-refractivity contribution in [1.29, 1.82) is 0 Å². The van der Waals surface area contributed by atoms with Crippen molar-refractivity contribution in [2.45, 2.75) is 12.2 Å². The molecule has 25 heavy (non-hydrogen) atoms. The number of ether oxygens (including phenoxy) is 1. The largest absolute Gasteiger partial charge is 0.497 e. The minimum atomic E-state index is -4.38. The molecular formula is C17H15F3N4O. The third-order valence-electron chi connectivity index (χ3n) is 3.74. The summed E-state index contributed by atoms with van der Waals surface area (Å²) >= 11 is 0. The summed E-state index contributed by atoms with van der Waals surface area (Å²) in [5.74, 6) is 1.41. The van der Waals surface area contributed by atoms with Crippen LogP contribution in [-0.2, 0) is 6.18 Å². The van der Waals surface area contributed by atoms with E-state index in [1.54, 1.807) is 19.2 Å². The molecule has 0 bridgehead atoms. The van der Waals surface area contributed by atoms with Gasteiger partial charge < -0.3 is 10.5 Å². The molecule has 0 saturated carbocycles. The van der Waals surface area contributed by atoms with Crippen molar-refractivity contribution in [3.05, 3.63) is 65.5 Å². The molecule has 0 aliphatic carbocycles. The summed E-state index contributed by atoms with van der Waals surface area (Å²) < 4.78 is 42.9. The number of aromatic amines is 1. The molecule has 3 rings (SSSR count). The molecule has 0 saturated heterocycles. The fourth-order valence-electron chi connectivity index (χ4n) is 2.32. The number of aromatic nitrogens is 3. The van der Waals surface area contributed by atoms with Crippen LogP contribution in [0.4, 0.5) is 13.2 Å². The number of halogens is 3. The SMILES string of the molecule is COc1ccc(C(N)c2nc(-c3ccc(C(F)(F)F)cc3)n[nH]2)cc1. The average molecular weight is 348 g/mol. The molecule has 5 nitrogen and oxygen atoms in total. The van der Waals surface area contributed by atoms with Gasteiger partial charge in [-0.2, -0.15) is 18.3 Å². The Morgan fingerprint density at radius 1 is 1.04 bits per heavy atom. The number of nitrogens with zero attached hydrogens (tertiary/aromatic N) is 2. The van der Waals surface area contributed by atoms with E-state index >= 15 is 0 Å². The van der Waals surface area contributed by atoms with E-state index in [-0.39, 0.29) is 5.82 Å². The maximum absolute atomic E-state index is 12.6. The Kier molecular flexibility index (Phi) is 4.45. The first-order chi connectivity index (χ1) is 11.9. The van der Waals surface area contributed by atoms with Crippen molar-refractivity contribution >= 4 is 0 Å². The lowest BCUT2D eigenvalue weighted by Crippen LogP contribution is -2.13. The van der Waals surface area contributed by atoms with Crippen molar-refractivity contribution < 1.29 is 17.9 Å². The fourth-order valence-corrected chi connectivity index (χ4v) is 2.32. The summed E-state index contributed by atoms with van der Waals surface area (Å²) in [6.07, 6.45) is -4.38. The fraction of sp³-hybridized carbons (Fsp3) is 0.176. The van der Waals surface area contributed by atoms with Crippen molar-refractivity contribution in [1.82, 2.24) is 15.2 Å². The first-order valence-corrected chi connectivity index (χ1v) is 7.38. The second-order valence-electron chi connectivity index (χ2n) is 5.37. The van der Waals surface area contributed by atoms with Gasteiger partial charge in [-0.1, -0.05) is 24.3 Å². The van der Waals surface area contributed by atoms with Crippen LogP contribution in [0.15, 0.2) is 48.5 Å². The van der Waals surface area contributed by atoms with Gasteiger partial charge in [-0.3, -0.25) is 5.10 Å². The Morgan fingerprint density at radius 2 is 1.68 bits per heavy atom. The van der Waals surface area contributed by atoms with Crippen molar-refractivity contribution in [2.24, 2.45) is 5.73 Å². The monoisotopic (exact) mass is 348 g/mol. The maximum atomic E-state index is 12.6. The number of nitrogens with two attached hydrogens (primary N) is 1. The zero-order valence-electron chi connectivity index (χ0n) is 13.2. The molecule has 0 amide bonds. The summed E-state index contributed by atoms with van der Waals surface area (Å²) in [4.78, 5) is 4.29. The molecular weight excluding hydrogens is 333 g/mol. The van der Waals surface area contributed by atoms with Crippen LogP contribution in [0, 0.1) is 0 Å². The highest BCUT2D eigenvalue weighted by Gasteiger charge is 2.30. The number of methoxy groups -OCH3 is 1. The summed E-state index contributed by atoms with van der Waals surface area (Å²) in [5, 5.41) is 6.77. The van der Waals surface area contributed by atoms with Crippen LogP contribution >= 0.6 is 0 Å². The number of benzene rings is 2. The van der Waals surface area contributed by atoms with Gasteiger partial charge in [-0.25, -0.2) is 4.98 Å². The zero-order chi connectivity index (χ0) is 18.0. The number of rotatable bonds is 4. The minimum Gasteiger partial charge on any atom is -0.497 e. The van der Waals surface area contributed by atoms with Gasteiger partial charge in [0.1, 0.15) is 11.6 Å². The molecule has 0 aliphatic rings. The first kappa shape index (κ1) is 17.0. The predicted octanol–water partition coefficient (Wildman–Crippen LogP) is 3.55. The number of H-pyrrole nitrogens is 1. The molecule has 0 radical (unpaired) electrons. The normalized spacial score (nSPS) is 12.8. The minimum absolute atomic E-state index is 0.285. The molecule has 0 aliphatic heterocycles. The van der Waals surface area contributed by atoms with Crippen molar-refractivity contribution in [3.63, 3.8) is 0 Å². The Balaban J connectivity index is 1.81. The Hall–Kier alpha value is -2.87. The lowest BCUT2D eigenvalue weighted by molar-refractivity contribution is -0.137.